The van der Waals surface area contributed by atoms with Crippen LogP contribution in [0.25, 0.3) is 11.1 Å². The third kappa shape index (κ3) is 2.89. The fourth-order valence-corrected chi connectivity index (χ4v) is 6.21. The fourth-order valence-electron chi connectivity index (χ4n) is 6.21. The Morgan fingerprint density at radius 1 is 1.06 bits per heavy atom. The summed E-state index contributed by atoms with van der Waals surface area (Å²) in [6.45, 7) is 0.328. The highest BCUT2D eigenvalue weighted by Gasteiger charge is 2.51. The number of nitrogens with zero attached hydrogens (tertiary/aromatic N) is 3. The van der Waals surface area contributed by atoms with Crippen LogP contribution >= 0.6 is 0 Å². The summed E-state index contributed by atoms with van der Waals surface area (Å²) in [5, 5.41) is 11.4. The summed E-state index contributed by atoms with van der Waals surface area (Å²) in [7, 11) is 1.90. The van der Waals surface area contributed by atoms with Crippen molar-refractivity contribution >= 4 is 6.09 Å². The number of imidazole rings is 1. The number of amides is 1. The Hall–Kier alpha value is -3.12. The van der Waals surface area contributed by atoms with E-state index in [4.69, 9.17) is 4.74 Å². The second-order valence-electron chi connectivity index (χ2n) is 9.43. The maximum absolute atomic E-state index is 13.2. The molecule has 6 heteroatoms. The van der Waals surface area contributed by atoms with Gasteiger partial charge in [-0.3, -0.25) is 0 Å². The average molecular weight is 430 g/mol. The molecule has 164 valence electrons. The molecule has 0 radical (unpaired) electrons. The Balaban J connectivity index is 1.19. The minimum Gasteiger partial charge on any atom is -0.448 e. The van der Waals surface area contributed by atoms with Gasteiger partial charge in [-0.25, -0.2) is 9.78 Å². The summed E-state index contributed by atoms with van der Waals surface area (Å²) >= 11 is 0. The molecule has 3 heterocycles. The van der Waals surface area contributed by atoms with Crippen LogP contribution in [0.4, 0.5) is 4.79 Å². The molecule has 1 aromatic heterocycles. The maximum atomic E-state index is 13.2. The summed E-state index contributed by atoms with van der Waals surface area (Å²) in [4.78, 5) is 19.3. The number of carbonyl (C=O) groups is 1. The van der Waals surface area contributed by atoms with E-state index < -0.39 is 5.60 Å². The number of aromatic nitrogens is 2. The van der Waals surface area contributed by atoms with Gasteiger partial charge < -0.3 is 19.3 Å². The first kappa shape index (κ1) is 19.6. The summed E-state index contributed by atoms with van der Waals surface area (Å²) in [5.74, 6) is 0.0557. The number of piperidine rings is 1. The number of fused-ring (bicyclic) bond motifs is 5. The van der Waals surface area contributed by atoms with Gasteiger partial charge in [-0.15, -0.1) is 0 Å². The first-order valence-electron chi connectivity index (χ1n) is 11.4. The number of ether oxygens (including phenoxy) is 1. The number of rotatable bonds is 3. The lowest BCUT2D eigenvalue weighted by Crippen LogP contribution is -2.52. The van der Waals surface area contributed by atoms with Gasteiger partial charge in [0.1, 0.15) is 12.2 Å². The molecule has 2 bridgehead atoms. The lowest BCUT2D eigenvalue weighted by molar-refractivity contribution is -0.0575. The van der Waals surface area contributed by atoms with E-state index in [9.17, 15) is 9.90 Å². The number of aliphatic hydroxyl groups is 1. The van der Waals surface area contributed by atoms with Crippen molar-refractivity contribution in [2.45, 2.75) is 49.3 Å². The van der Waals surface area contributed by atoms with E-state index in [1.807, 2.05) is 28.6 Å². The zero-order valence-electron chi connectivity index (χ0n) is 18.1. The molecule has 2 fully saturated rings. The van der Waals surface area contributed by atoms with Crippen molar-refractivity contribution in [3.05, 3.63) is 77.9 Å². The Bertz CT molecular complexity index is 1130. The van der Waals surface area contributed by atoms with Gasteiger partial charge in [-0.2, -0.15) is 0 Å². The summed E-state index contributed by atoms with van der Waals surface area (Å²) in [6, 6.07) is 16.7. The zero-order valence-corrected chi connectivity index (χ0v) is 18.1. The molecule has 6 nitrogen and oxygen atoms in total. The molecule has 6 rings (SSSR count). The third-order valence-corrected chi connectivity index (χ3v) is 7.61. The van der Waals surface area contributed by atoms with Gasteiger partial charge in [0.25, 0.3) is 0 Å². The second kappa shape index (κ2) is 7.20. The number of aryl methyl sites for hydroxylation is 1. The number of carbonyl (C=O) groups excluding carboxylic acids is 1. The predicted molar refractivity (Wildman–Crippen MR) is 120 cm³/mol. The summed E-state index contributed by atoms with van der Waals surface area (Å²) in [5.41, 5.74) is 4.76. The lowest BCUT2D eigenvalue weighted by Gasteiger charge is -2.43. The average Bonchev–Trinajstić information content (AvgIpc) is 3.45. The van der Waals surface area contributed by atoms with E-state index in [0.29, 0.717) is 19.4 Å². The van der Waals surface area contributed by atoms with Crippen LogP contribution in [-0.2, 0) is 17.4 Å². The predicted octanol–water partition coefficient (Wildman–Crippen LogP) is 4.18. The molecule has 1 aliphatic carbocycles. The van der Waals surface area contributed by atoms with Crippen LogP contribution in [0.3, 0.4) is 0 Å². The molecule has 0 spiro atoms. The third-order valence-electron chi connectivity index (χ3n) is 7.61. The zero-order chi connectivity index (χ0) is 21.9. The molecule has 2 saturated heterocycles. The van der Waals surface area contributed by atoms with Crippen LogP contribution in [0.1, 0.15) is 48.4 Å². The molecule has 32 heavy (non-hydrogen) atoms. The normalized spacial score (nSPS) is 26.1. The van der Waals surface area contributed by atoms with Crippen molar-refractivity contribution < 1.29 is 14.6 Å². The van der Waals surface area contributed by atoms with Gasteiger partial charge >= 0.3 is 6.09 Å². The van der Waals surface area contributed by atoms with E-state index in [-0.39, 0.29) is 24.1 Å². The Morgan fingerprint density at radius 3 is 2.22 bits per heavy atom. The van der Waals surface area contributed by atoms with Crippen molar-refractivity contribution in [1.29, 1.82) is 0 Å². The standard InChI is InChI=1S/C26H27N3O3/c1-28-16-27-14-24(28)26(31)12-17-10-11-18(13-26)29(17)25(30)32-15-23-21-8-4-2-6-19(21)20-7-3-5-9-22(20)23/h2-9,14,16-18,23,31H,10-13,15H2,1H3. The quantitative estimate of drug-likeness (QED) is 0.678. The highest BCUT2D eigenvalue weighted by atomic mass is 16.6. The van der Waals surface area contributed by atoms with E-state index in [1.54, 1.807) is 12.5 Å². The van der Waals surface area contributed by atoms with E-state index >= 15 is 0 Å². The molecule has 2 aliphatic heterocycles. The SMILES string of the molecule is Cn1cncc1C1(O)CC2CCC(C1)N2C(=O)OCC1c2ccccc2-c2ccccc21. The van der Waals surface area contributed by atoms with Crippen LogP contribution in [-0.4, -0.2) is 44.3 Å². The number of benzene rings is 2. The Labute approximate surface area is 187 Å². The summed E-state index contributed by atoms with van der Waals surface area (Å²) < 4.78 is 7.81. The van der Waals surface area contributed by atoms with Crippen molar-refractivity contribution in [3.63, 3.8) is 0 Å². The number of hydrogen-bond donors (Lipinski definition) is 1. The maximum Gasteiger partial charge on any atom is 0.410 e. The van der Waals surface area contributed by atoms with E-state index in [2.05, 4.69) is 41.4 Å². The molecule has 2 atom stereocenters. The van der Waals surface area contributed by atoms with Crippen LogP contribution in [0.2, 0.25) is 0 Å². The minimum atomic E-state index is -0.947. The van der Waals surface area contributed by atoms with Crippen molar-refractivity contribution in [2.75, 3.05) is 6.61 Å². The van der Waals surface area contributed by atoms with Gasteiger partial charge in [0.05, 0.1) is 18.2 Å². The molecular weight excluding hydrogens is 402 g/mol. The molecule has 3 aliphatic rings. The lowest BCUT2D eigenvalue weighted by atomic mass is 9.84. The molecule has 3 aromatic rings. The van der Waals surface area contributed by atoms with Crippen molar-refractivity contribution in [2.24, 2.45) is 7.05 Å². The van der Waals surface area contributed by atoms with Crippen LogP contribution in [0.15, 0.2) is 61.1 Å². The Kier molecular flexibility index (Phi) is 4.40. The molecule has 1 N–H and O–H groups in total. The molecule has 2 aromatic carbocycles. The molecule has 1 amide bonds. The Morgan fingerprint density at radius 2 is 1.66 bits per heavy atom. The number of hydrogen-bond acceptors (Lipinski definition) is 4. The fraction of sp³-hybridized carbons (Fsp3) is 0.385. The van der Waals surface area contributed by atoms with Crippen molar-refractivity contribution in [1.82, 2.24) is 14.5 Å². The second-order valence-corrected chi connectivity index (χ2v) is 9.43. The van der Waals surface area contributed by atoms with Gasteiger partial charge in [0.15, 0.2) is 0 Å². The van der Waals surface area contributed by atoms with Crippen LogP contribution in [0, 0.1) is 0 Å². The molecule has 0 saturated carbocycles. The monoisotopic (exact) mass is 429 g/mol. The molecule has 2 unspecified atom stereocenters. The van der Waals surface area contributed by atoms with Crippen LogP contribution in [0.5, 0.6) is 0 Å². The summed E-state index contributed by atoms with van der Waals surface area (Å²) in [6.07, 6.45) is 6.03. The molecular formula is C26H27N3O3. The van der Waals surface area contributed by atoms with Gasteiger partial charge in [0, 0.05) is 37.9 Å². The first-order chi connectivity index (χ1) is 15.5. The van der Waals surface area contributed by atoms with Gasteiger partial charge in [-0.05, 0) is 35.1 Å². The smallest absolute Gasteiger partial charge is 0.410 e. The highest BCUT2D eigenvalue weighted by Crippen LogP contribution is 2.47. The topological polar surface area (TPSA) is 67.6 Å². The first-order valence-corrected chi connectivity index (χ1v) is 11.4. The minimum absolute atomic E-state index is 0.00991. The largest absolute Gasteiger partial charge is 0.448 e. The highest BCUT2D eigenvalue weighted by molar-refractivity contribution is 5.79. The van der Waals surface area contributed by atoms with Crippen molar-refractivity contribution in [3.8, 4) is 11.1 Å². The van der Waals surface area contributed by atoms with Crippen LogP contribution < -0.4 is 0 Å². The van der Waals surface area contributed by atoms with E-state index in [0.717, 1.165) is 18.5 Å². The van der Waals surface area contributed by atoms with Gasteiger partial charge in [0.2, 0.25) is 0 Å². The van der Waals surface area contributed by atoms with E-state index in [1.165, 1.54) is 22.3 Å². The van der Waals surface area contributed by atoms with Gasteiger partial charge in [-0.1, -0.05) is 48.5 Å².